The van der Waals surface area contributed by atoms with Crippen molar-refractivity contribution < 1.29 is 37.6 Å². The van der Waals surface area contributed by atoms with Crippen LogP contribution >= 0.6 is 7.75 Å². The molecule has 2 rings (SSSR count). The first-order chi connectivity index (χ1) is 18.8. The Morgan fingerprint density at radius 1 is 0.923 bits per heavy atom. The fourth-order valence-corrected chi connectivity index (χ4v) is 4.86. The SMILES string of the molecule is CCCCCOC(=O)COP(=O)(N[C@@H](Cc1ccccc1)C(=O)OCCCCC)Oc1ccc([N+](=O)[O-])cc1. The van der Waals surface area contributed by atoms with Crippen LogP contribution in [0.3, 0.4) is 0 Å². The molecular formula is C27H37N2O9P. The molecule has 39 heavy (non-hydrogen) atoms. The van der Waals surface area contributed by atoms with Gasteiger partial charge in [0, 0.05) is 12.1 Å². The molecule has 0 spiro atoms. The second kappa shape index (κ2) is 17.3. The van der Waals surface area contributed by atoms with Gasteiger partial charge >= 0.3 is 19.7 Å². The number of nitro benzene ring substituents is 1. The fraction of sp³-hybridized carbons (Fsp3) is 0.481. The van der Waals surface area contributed by atoms with E-state index in [9.17, 15) is 24.3 Å². The zero-order chi connectivity index (χ0) is 28.5. The number of esters is 2. The maximum atomic E-state index is 13.9. The van der Waals surface area contributed by atoms with Crippen LogP contribution in [-0.4, -0.2) is 42.7 Å². The van der Waals surface area contributed by atoms with Crippen LogP contribution in [0.4, 0.5) is 5.69 Å². The number of benzene rings is 2. The summed E-state index contributed by atoms with van der Waals surface area (Å²) in [6.07, 6.45) is 5.13. The summed E-state index contributed by atoms with van der Waals surface area (Å²) in [6, 6.07) is 12.7. The Bertz CT molecular complexity index is 1080. The van der Waals surface area contributed by atoms with E-state index < -0.39 is 37.3 Å². The van der Waals surface area contributed by atoms with Crippen LogP contribution in [0.25, 0.3) is 0 Å². The second-order valence-corrected chi connectivity index (χ2v) is 10.5. The predicted octanol–water partition coefficient (Wildman–Crippen LogP) is 5.77. The van der Waals surface area contributed by atoms with Crippen LogP contribution in [-0.2, 0) is 34.6 Å². The van der Waals surface area contributed by atoms with Crippen LogP contribution < -0.4 is 9.61 Å². The highest BCUT2D eigenvalue weighted by molar-refractivity contribution is 7.52. The molecule has 2 aromatic carbocycles. The van der Waals surface area contributed by atoms with Crippen molar-refractivity contribution in [2.24, 2.45) is 0 Å². The number of carbonyl (C=O) groups is 2. The van der Waals surface area contributed by atoms with E-state index in [0.29, 0.717) is 12.8 Å². The number of nitrogens with zero attached hydrogens (tertiary/aromatic N) is 1. The molecule has 2 atom stereocenters. The smallest absolute Gasteiger partial charge is 0.460 e. The topological polar surface area (TPSA) is 143 Å². The van der Waals surface area contributed by atoms with E-state index in [0.717, 1.165) is 31.2 Å². The summed E-state index contributed by atoms with van der Waals surface area (Å²) in [5, 5.41) is 13.6. The monoisotopic (exact) mass is 564 g/mol. The number of unbranched alkanes of at least 4 members (excludes halogenated alkanes) is 4. The van der Waals surface area contributed by atoms with Gasteiger partial charge in [0.15, 0.2) is 6.61 Å². The van der Waals surface area contributed by atoms with Gasteiger partial charge < -0.3 is 14.0 Å². The van der Waals surface area contributed by atoms with Gasteiger partial charge in [-0.2, -0.15) is 5.09 Å². The quantitative estimate of drug-likeness (QED) is 0.0734. The minimum absolute atomic E-state index is 0.0254. The highest BCUT2D eigenvalue weighted by Crippen LogP contribution is 2.45. The number of hydrogen-bond acceptors (Lipinski definition) is 9. The summed E-state index contributed by atoms with van der Waals surface area (Å²) in [6.45, 7) is 3.73. The molecule has 214 valence electrons. The van der Waals surface area contributed by atoms with Crippen molar-refractivity contribution in [3.63, 3.8) is 0 Å². The van der Waals surface area contributed by atoms with Crippen molar-refractivity contribution in [3.8, 4) is 5.75 Å². The summed E-state index contributed by atoms with van der Waals surface area (Å²) >= 11 is 0. The summed E-state index contributed by atoms with van der Waals surface area (Å²) in [4.78, 5) is 35.6. The van der Waals surface area contributed by atoms with Crippen molar-refractivity contribution in [1.29, 1.82) is 0 Å². The minimum Gasteiger partial charge on any atom is -0.465 e. The molecule has 0 heterocycles. The van der Waals surface area contributed by atoms with Crippen molar-refractivity contribution in [1.82, 2.24) is 5.09 Å². The first kappa shape index (κ1) is 31.9. The highest BCUT2D eigenvalue weighted by atomic mass is 31.2. The Labute approximate surface area is 228 Å². The Morgan fingerprint density at radius 3 is 2.13 bits per heavy atom. The molecule has 0 radical (unpaired) electrons. The molecule has 0 bridgehead atoms. The molecule has 0 aliphatic heterocycles. The predicted molar refractivity (Wildman–Crippen MR) is 145 cm³/mol. The van der Waals surface area contributed by atoms with Crippen LogP contribution in [0.5, 0.6) is 5.75 Å². The normalized spacial score (nSPS) is 13.2. The van der Waals surface area contributed by atoms with Crippen molar-refractivity contribution >= 4 is 25.4 Å². The first-order valence-corrected chi connectivity index (χ1v) is 14.6. The lowest BCUT2D eigenvalue weighted by molar-refractivity contribution is -0.384. The molecule has 0 saturated carbocycles. The van der Waals surface area contributed by atoms with E-state index in [1.54, 1.807) is 24.3 Å². The van der Waals surface area contributed by atoms with Crippen LogP contribution in [0.2, 0.25) is 0 Å². The first-order valence-electron chi connectivity index (χ1n) is 13.1. The summed E-state index contributed by atoms with van der Waals surface area (Å²) in [7, 11) is -4.39. The Hall–Kier alpha value is -3.27. The average Bonchev–Trinajstić information content (AvgIpc) is 2.93. The lowest BCUT2D eigenvalue weighted by Crippen LogP contribution is -2.40. The molecule has 0 aliphatic carbocycles. The van der Waals surface area contributed by atoms with Gasteiger partial charge in [-0.1, -0.05) is 69.9 Å². The van der Waals surface area contributed by atoms with Gasteiger partial charge in [0.25, 0.3) is 5.69 Å². The molecule has 11 nitrogen and oxygen atoms in total. The molecule has 12 heteroatoms. The second-order valence-electron chi connectivity index (χ2n) is 8.79. The Kier molecular flexibility index (Phi) is 14.2. The zero-order valence-corrected chi connectivity index (χ0v) is 23.3. The number of hydrogen-bond donors (Lipinski definition) is 1. The Balaban J connectivity index is 2.23. The van der Waals surface area contributed by atoms with Gasteiger partial charge in [0.2, 0.25) is 0 Å². The van der Waals surface area contributed by atoms with Crippen molar-refractivity contribution in [2.75, 3.05) is 19.8 Å². The van der Waals surface area contributed by atoms with Crippen molar-refractivity contribution in [3.05, 3.63) is 70.3 Å². The Morgan fingerprint density at radius 2 is 1.54 bits per heavy atom. The standard InChI is InChI=1S/C27H37N2O9P/c1-3-5-10-18-35-26(30)21-37-39(34,38-24-16-14-23(15-17-24)29(32)33)28-25(20-22-12-8-7-9-13-22)27(31)36-19-11-6-4-2/h7-9,12-17,25H,3-6,10-11,18-21H2,1-2H3,(H,28,34)/t25-,39?/m0/s1. The third-order valence-electron chi connectivity index (χ3n) is 5.51. The zero-order valence-electron chi connectivity index (χ0n) is 22.4. The molecule has 0 fully saturated rings. The van der Waals surface area contributed by atoms with E-state index in [4.69, 9.17) is 18.5 Å². The number of ether oxygens (including phenoxy) is 2. The van der Waals surface area contributed by atoms with Gasteiger partial charge in [-0.25, -0.2) is 9.36 Å². The van der Waals surface area contributed by atoms with Crippen molar-refractivity contribution in [2.45, 2.75) is 64.8 Å². The molecule has 0 aliphatic rings. The largest absolute Gasteiger partial charge is 0.465 e. The van der Waals surface area contributed by atoms with Crippen LogP contribution in [0, 0.1) is 10.1 Å². The van der Waals surface area contributed by atoms with E-state index in [1.807, 2.05) is 19.9 Å². The maximum absolute atomic E-state index is 13.9. The van der Waals surface area contributed by atoms with Gasteiger partial charge in [0.1, 0.15) is 11.8 Å². The molecule has 2 aromatic rings. The third-order valence-corrected chi connectivity index (χ3v) is 7.06. The van der Waals surface area contributed by atoms with Gasteiger partial charge in [0.05, 0.1) is 18.1 Å². The highest BCUT2D eigenvalue weighted by Gasteiger charge is 2.35. The van der Waals surface area contributed by atoms with E-state index in [2.05, 4.69) is 5.09 Å². The summed E-state index contributed by atoms with van der Waals surface area (Å²) in [5.74, 6) is -1.43. The number of nitrogens with one attached hydrogen (secondary N) is 1. The maximum Gasteiger partial charge on any atom is 0.460 e. The molecule has 0 aromatic heterocycles. The van der Waals surface area contributed by atoms with Gasteiger partial charge in [-0.3, -0.25) is 19.4 Å². The van der Waals surface area contributed by atoms with E-state index in [1.165, 1.54) is 24.3 Å². The fourth-order valence-electron chi connectivity index (χ4n) is 3.42. The number of rotatable bonds is 19. The number of non-ortho nitro benzene ring substituents is 1. The van der Waals surface area contributed by atoms with Crippen LogP contribution in [0.15, 0.2) is 54.6 Å². The molecule has 1 N–H and O–H groups in total. The lowest BCUT2D eigenvalue weighted by Gasteiger charge is -2.24. The molecule has 0 amide bonds. The lowest BCUT2D eigenvalue weighted by atomic mass is 10.1. The summed E-state index contributed by atoms with van der Waals surface area (Å²) in [5.41, 5.74) is 0.567. The summed E-state index contributed by atoms with van der Waals surface area (Å²) < 4.78 is 35.4. The van der Waals surface area contributed by atoms with E-state index >= 15 is 0 Å². The average molecular weight is 565 g/mol. The van der Waals surface area contributed by atoms with E-state index in [-0.39, 0.29) is 31.1 Å². The molecule has 1 unspecified atom stereocenters. The molecular weight excluding hydrogens is 527 g/mol. The van der Waals surface area contributed by atoms with Gasteiger partial charge in [-0.05, 0) is 37.0 Å². The molecule has 0 saturated heterocycles. The van der Waals surface area contributed by atoms with Gasteiger partial charge in [-0.15, -0.1) is 0 Å². The number of nitro groups is 1. The third kappa shape index (κ3) is 12.4. The van der Waals surface area contributed by atoms with Crippen LogP contribution in [0.1, 0.15) is 57.9 Å². The minimum atomic E-state index is -4.39. The number of carbonyl (C=O) groups excluding carboxylic acids is 2.